The average Bonchev–Trinajstić information content (AvgIpc) is 3.09. The summed E-state index contributed by atoms with van der Waals surface area (Å²) < 4.78 is 5.54. The molecular formula is C18H25NO2. The van der Waals surface area contributed by atoms with Crippen LogP contribution in [0.15, 0.2) is 24.3 Å². The van der Waals surface area contributed by atoms with Gasteiger partial charge in [0.05, 0.1) is 0 Å². The van der Waals surface area contributed by atoms with Crippen molar-refractivity contribution in [1.29, 1.82) is 0 Å². The third-order valence-corrected chi connectivity index (χ3v) is 5.21. The van der Waals surface area contributed by atoms with Gasteiger partial charge in [-0.25, -0.2) is 0 Å². The van der Waals surface area contributed by atoms with Gasteiger partial charge in [-0.05, 0) is 63.0 Å². The van der Waals surface area contributed by atoms with Crippen LogP contribution < -0.4 is 10.1 Å². The number of carbonyl (C=O) groups excluding carboxylic acids is 1. The van der Waals surface area contributed by atoms with E-state index in [1.807, 2.05) is 31.2 Å². The lowest BCUT2D eigenvalue weighted by molar-refractivity contribution is -0.124. The average molecular weight is 287 g/mol. The Morgan fingerprint density at radius 3 is 2.67 bits per heavy atom. The van der Waals surface area contributed by atoms with E-state index in [1.165, 1.54) is 31.2 Å². The minimum Gasteiger partial charge on any atom is -0.484 e. The van der Waals surface area contributed by atoms with Crippen LogP contribution in [0.4, 0.5) is 0 Å². The van der Waals surface area contributed by atoms with Gasteiger partial charge in [0.15, 0.2) is 6.61 Å². The maximum Gasteiger partial charge on any atom is 0.258 e. The smallest absolute Gasteiger partial charge is 0.258 e. The number of hydrogen-bond acceptors (Lipinski definition) is 2. The Labute approximate surface area is 127 Å². The number of aryl methyl sites for hydroxylation is 1. The van der Waals surface area contributed by atoms with E-state index in [2.05, 4.69) is 12.2 Å². The van der Waals surface area contributed by atoms with E-state index in [0.717, 1.165) is 17.6 Å². The zero-order valence-corrected chi connectivity index (χ0v) is 13.0. The molecule has 3 nitrogen and oxygen atoms in total. The van der Waals surface area contributed by atoms with E-state index in [0.29, 0.717) is 5.92 Å². The van der Waals surface area contributed by atoms with Crippen LogP contribution in [0.25, 0.3) is 0 Å². The van der Waals surface area contributed by atoms with Gasteiger partial charge in [-0.3, -0.25) is 4.79 Å². The summed E-state index contributed by atoms with van der Waals surface area (Å²) in [6.45, 7) is 4.29. The van der Waals surface area contributed by atoms with E-state index >= 15 is 0 Å². The van der Waals surface area contributed by atoms with E-state index in [1.54, 1.807) is 0 Å². The lowest BCUT2D eigenvalue weighted by Gasteiger charge is -2.28. The number of hydrogen-bond donors (Lipinski definition) is 1. The molecule has 3 heteroatoms. The molecule has 2 aliphatic carbocycles. The van der Waals surface area contributed by atoms with E-state index in [-0.39, 0.29) is 18.6 Å². The first kappa shape index (κ1) is 14.4. The summed E-state index contributed by atoms with van der Waals surface area (Å²) in [4.78, 5) is 12.0. The Morgan fingerprint density at radius 1 is 1.29 bits per heavy atom. The molecule has 21 heavy (non-hydrogen) atoms. The Hall–Kier alpha value is -1.51. The highest BCUT2D eigenvalue weighted by Gasteiger charge is 2.42. The van der Waals surface area contributed by atoms with Crippen molar-refractivity contribution in [1.82, 2.24) is 5.32 Å². The van der Waals surface area contributed by atoms with Crippen LogP contribution >= 0.6 is 0 Å². The molecule has 1 amide bonds. The van der Waals surface area contributed by atoms with Crippen molar-refractivity contribution < 1.29 is 9.53 Å². The van der Waals surface area contributed by atoms with Crippen LogP contribution in [0, 0.1) is 24.7 Å². The molecule has 1 aromatic rings. The van der Waals surface area contributed by atoms with Crippen LogP contribution in [0.2, 0.25) is 0 Å². The third kappa shape index (κ3) is 3.39. The van der Waals surface area contributed by atoms with Crippen molar-refractivity contribution in [2.45, 2.75) is 45.6 Å². The maximum absolute atomic E-state index is 12.0. The predicted molar refractivity (Wildman–Crippen MR) is 83.2 cm³/mol. The molecule has 1 aromatic carbocycles. The van der Waals surface area contributed by atoms with Gasteiger partial charge in [-0.2, -0.15) is 0 Å². The second kappa shape index (κ2) is 6.08. The molecule has 3 rings (SSSR count). The van der Waals surface area contributed by atoms with Crippen LogP contribution in [-0.2, 0) is 4.79 Å². The van der Waals surface area contributed by atoms with Crippen molar-refractivity contribution >= 4 is 5.91 Å². The standard InChI is InChI=1S/C18H25NO2/c1-12-3-7-16(8-4-12)21-11-18(20)19-13(2)17-10-14-5-6-15(17)9-14/h3-4,7-8,13-15,17H,5-6,9-11H2,1-2H3,(H,19,20)/t13-,14-,15-,17-/m0/s1. The monoisotopic (exact) mass is 287 g/mol. The second-order valence-corrected chi connectivity index (χ2v) is 6.80. The van der Waals surface area contributed by atoms with E-state index < -0.39 is 0 Å². The SMILES string of the molecule is Cc1ccc(OCC(=O)N[C@@H](C)[C@@H]2C[C@H]3CC[C@H]2C3)cc1. The van der Waals surface area contributed by atoms with E-state index in [9.17, 15) is 4.79 Å². The molecule has 0 unspecified atom stereocenters. The highest BCUT2D eigenvalue weighted by molar-refractivity contribution is 5.77. The first-order chi connectivity index (χ1) is 10.1. The topological polar surface area (TPSA) is 38.3 Å². The summed E-state index contributed by atoms with van der Waals surface area (Å²) in [7, 11) is 0. The largest absolute Gasteiger partial charge is 0.484 e. The first-order valence-electron chi connectivity index (χ1n) is 8.10. The quantitative estimate of drug-likeness (QED) is 0.902. The van der Waals surface area contributed by atoms with Crippen molar-refractivity contribution in [3.05, 3.63) is 29.8 Å². The summed E-state index contributed by atoms with van der Waals surface area (Å²) in [5.74, 6) is 3.17. The highest BCUT2D eigenvalue weighted by Crippen LogP contribution is 2.49. The summed E-state index contributed by atoms with van der Waals surface area (Å²) in [5.41, 5.74) is 1.19. The molecule has 2 fully saturated rings. The molecule has 1 N–H and O–H groups in total. The maximum atomic E-state index is 12.0. The van der Waals surface area contributed by atoms with Gasteiger partial charge in [0.2, 0.25) is 0 Å². The van der Waals surface area contributed by atoms with Crippen LogP contribution in [0.1, 0.15) is 38.2 Å². The number of rotatable bonds is 5. The van der Waals surface area contributed by atoms with Gasteiger partial charge < -0.3 is 10.1 Å². The van der Waals surface area contributed by atoms with Gasteiger partial charge in [0.1, 0.15) is 5.75 Å². The Bertz CT molecular complexity index is 496. The molecule has 2 saturated carbocycles. The van der Waals surface area contributed by atoms with Crippen LogP contribution in [0.3, 0.4) is 0 Å². The zero-order chi connectivity index (χ0) is 14.8. The molecule has 4 atom stereocenters. The molecular weight excluding hydrogens is 262 g/mol. The lowest BCUT2D eigenvalue weighted by atomic mass is 9.84. The number of carbonyl (C=O) groups is 1. The Balaban J connectivity index is 1.44. The number of benzene rings is 1. The lowest BCUT2D eigenvalue weighted by Crippen LogP contribution is -2.42. The van der Waals surface area contributed by atoms with Crippen molar-refractivity contribution in [2.75, 3.05) is 6.61 Å². The molecule has 114 valence electrons. The minimum atomic E-state index is -0.00847. The summed E-state index contributed by atoms with van der Waals surface area (Å²) in [5, 5.41) is 3.12. The second-order valence-electron chi connectivity index (χ2n) is 6.80. The molecule has 0 aromatic heterocycles. The van der Waals surface area contributed by atoms with Gasteiger partial charge in [0, 0.05) is 6.04 Å². The fourth-order valence-electron chi connectivity index (χ4n) is 4.09. The molecule has 0 saturated heterocycles. The first-order valence-corrected chi connectivity index (χ1v) is 8.10. The van der Waals surface area contributed by atoms with Crippen LogP contribution in [-0.4, -0.2) is 18.6 Å². The number of amides is 1. The fourth-order valence-corrected chi connectivity index (χ4v) is 4.09. The number of ether oxygens (including phenoxy) is 1. The van der Waals surface area contributed by atoms with Crippen LogP contribution in [0.5, 0.6) is 5.75 Å². The van der Waals surface area contributed by atoms with Gasteiger partial charge >= 0.3 is 0 Å². The summed E-state index contributed by atoms with van der Waals surface area (Å²) >= 11 is 0. The summed E-state index contributed by atoms with van der Waals surface area (Å²) in [6, 6.07) is 8.06. The zero-order valence-electron chi connectivity index (χ0n) is 13.0. The van der Waals surface area contributed by atoms with Crippen molar-refractivity contribution in [3.63, 3.8) is 0 Å². The number of fused-ring (bicyclic) bond motifs is 2. The van der Waals surface area contributed by atoms with Crippen molar-refractivity contribution in [2.24, 2.45) is 17.8 Å². The number of nitrogens with one attached hydrogen (secondary N) is 1. The van der Waals surface area contributed by atoms with Gasteiger partial charge in [-0.15, -0.1) is 0 Å². The molecule has 0 spiro atoms. The molecule has 0 radical (unpaired) electrons. The Morgan fingerprint density at radius 2 is 2.05 bits per heavy atom. The third-order valence-electron chi connectivity index (χ3n) is 5.21. The molecule has 0 heterocycles. The minimum absolute atomic E-state index is 0.00847. The van der Waals surface area contributed by atoms with Gasteiger partial charge in [0.25, 0.3) is 5.91 Å². The molecule has 2 aliphatic rings. The normalized spacial score (nSPS) is 28.4. The molecule has 2 bridgehead atoms. The Kier molecular flexibility index (Phi) is 4.18. The van der Waals surface area contributed by atoms with Crippen molar-refractivity contribution in [3.8, 4) is 5.75 Å². The van der Waals surface area contributed by atoms with E-state index in [4.69, 9.17) is 4.74 Å². The predicted octanol–water partition coefficient (Wildman–Crippen LogP) is 3.31. The summed E-state index contributed by atoms with van der Waals surface area (Å²) in [6.07, 6.45) is 5.43. The van der Waals surface area contributed by atoms with Gasteiger partial charge in [-0.1, -0.05) is 24.1 Å². The molecule has 0 aliphatic heterocycles. The fraction of sp³-hybridized carbons (Fsp3) is 0.611. The highest BCUT2D eigenvalue weighted by atomic mass is 16.5.